The van der Waals surface area contributed by atoms with Crippen molar-refractivity contribution in [2.24, 2.45) is 0 Å². The second-order valence-corrected chi connectivity index (χ2v) is 9.35. The summed E-state index contributed by atoms with van der Waals surface area (Å²) in [5.41, 5.74) is 1.36. The maximum atomic E-state index is 13.1. The lowest BCUT2D eigenvalue weighted by Crippen LogP contribution is -2.35. The molecule has 4 rings (SSSR count). The molecule has 0 radical (unpaired) electrons. The minimum atomic E-state index is -3.75. The monoisotopic (exact) mass is 449 g/mol. The van der Waals surface area contributed by atoms with Gasteiger partial charge in [0.15, 0.2) is 5.65 Å². The smallest absolute Gasteiger partial charge is 0.269 e. The van der Waals surface area contributed by atoms with Crippen molar-refractivity contribution in [1.29, 1.82) is 0 Å². The van der Waals surface area contributed by atoms with E-state index in [0.717, 1.165) is 31.5 Å². The normalized spacial score (nSPS) is 15.9. The molecule has 0 atom stereocenters. The largest absolute Gasteiger partial charge is 0.367 e. The van der Waals surface area contributed by atoms with Gasteiger partial charge in [0.05, 0.1) is 10.3 Å². The number of hydrogen-bond donors (Lipinski definition) is 2. The van der Waals surface area contributed by atoms with Gasteiger partial charge < -0.3 is 10.6 Å². The average molecular weight is 450 g/mol. The van der Waals surface area contributed by atoms with Crippen LogP contribution in [0.3, 0.4) is 0 Å². The third kappa shape index (κ3) is 3.46. The number of benzene rings is 1. The van der Waals surface area contributed by atoms with Crippen molar-refractivity contribution in [2.75, 3.05) is 18.4 Å². The average Bonchev–Trinajstić information content (AvgIpc) is 3.02. The van der Waals surface area contributed by atoms with Crippen LogP contribution < -0.4 is 10.6 Å². The summed E-state index contributed by atoms with van der Waals surface area (Å²) in [5, 5.41) is 7.45. The number of halogens is 1. The van der Waals surface area contributed by atoms with Crippen molar-refractivity contribution in [3.05, 3.63) is 46.8 Å². The minimum Gasteiger partial charge on any atom is -0.367 e. The van der Waals surface area contributed by atoms with Crippen molar-refractivity contribution in [1.82, 2.24) is 19.3 Å². The van der Waals surface area contributed by atoms with Crippen LogP contribution in [0.5, 0.6) is 0 Å². The van der Waals surface area contributed by atoms with E-state index in [1.165, 1.54) is 10.3 Å². The molecular formula is C18H20BrN5O2S. The van der Waals surface area contributed by atoms with Gasteiger partial charge in [-0.05, 0) is 60.9 Å². The van der Waals surface area contributed by atoms with Gasteiger partial charge in [-0.25, -0.2) is 22.4 Å². The molecule has 1 fully saturated rings. The number of nitrogens with zero attached hydrogens (tertiary/aromatic N) is 3. The van der Waals surface area contributed by atoms with E-state index in [4.69, 9.17) is 0 Å². The molecular weight excluding hydrogens is 430 g/mol. The lowest BCUT2D eigenvalue weighted by atomic mass is 10.1. The van der Waals surface area contributed by atoms with Gasteiger partial charge in [-0.1, -0.05) is 17.7 Å². The van der Waals surface area contributed by atoms with Crippen molar-refractivity contribution >= 4 is 42.8 Å². The fourth-order valence-corrected chi connectivity index (χ4v) is 5.29. The van der Waals surface area contributed by atoms with Crippen LogP contribution in [0.25, 0.3) is 11.0 Å². The third-order valence-corrected chi connectivity index (χ3v) is 7.03. The first-order valence-corrected chi connectivity index (χ1v) is 11.0. The van der Waals surface area contributed by atoms with E-state index in [9.17, 15) is 8.42 Å². The highest BCUT2D eigenvalue weighted by Crippen LogP contribution is 2.33. The Morgan fingerprint density at radius 1 is 1.19 bits per heavy atom. The molecule has 27 heavy (non-hydrogen) atoms. The van der Waals surface area contributed by atoms with Gasteiger partial charge in [0.1, 0.15) is 12.1 Å². The molecule has 7 nitrogen and oxygen atoms in total. The standard InChI is InChI=1S/C18H20BrN5O2S/c1-12-2-4-14(5-3-12)27(25,26)24-10-15(19)16-17(21-11-22-18(16)24)23-13-6-8-20-9-7-13/h2-5,10-11,13,20H,6-9H2,1H3,(H,21,22,23). The third-order valence-electron chi connectivity index (χ3n) is 4.76. The van der Waals surface area contributed by atoms with Crippen LogP contribution in [0.15, 0.2) is 46.2 Å². The van der Waals surface area contributed by atoms with Gasteiger partial charge >= 0.3 is 0 Å². The Hall–Kier alpha value is -1.97. The Labute approximate surface area is 166 Å². The van der Waals surface area contributed by atoms with Crippen LogP contribution in [0.1, 0.15) is 18.4 Å². The Morgan fingerprint density at radius 2 is 1.89 bits per heavy atom. The zero-order valence-electron chi connectivity index (χ0n) is 14.8. The van der Waals surface area contributed by atoms with Crippen LogP contribution >= 0.6 is 15.9 Å². The number of aromatic nitrogens is 3. The molecule has 3 heterocycles. The van der Waals surface area contributed by atoms with Crippen molar-refractivity contribution in [3.63, 3.8) is 0 Å². The Morgan fingerprint density at radius 3 is 2.59 bits per heavy atom. The maximum Gasteiger partial charge on any atom is 0.269 e. The number of anilines is 1. The van der Waals surface area contributed by atoms with Crippen molar-refractivity contribution < 1.29 is 8.42 Å². The van der Waals surface area contributed by atoms with E-state index in [1.807, 2.05) is 6.92 Å². The summed E-state index contributed by atoms with van der Waals surface area (Å²) in [7, 11) is -3.75. The molecule has 0 bridgehead atoms. The van der Waals surface area contributed by atoms with E-state index >= 15 is 0 Å². The Kier molecular flexibility index (Phi) is 4.92. The Balaban J connectivity index is 1.79. The van der Waals surface area contributed by atoms with Crippen LogP contribution in [0.4, 0.5) is 5.82 Å². The number of fused-ring (bicyclic) bond motifs is 1. The van der Waals surface area contributed by atoms with Crippen LogP contribution in [0, 0.1) is 6.92 Å². The van der Waals surface area contributed by atoms with E-state index < -0.39 is 10.0 Å². The van der Waals surface area contributed by atoms with Crippen LogP contribution in [-0.2, 0) is 10.0 Å². The van der Waals surface area contributed by atoms with Crippen molar-refractivity contribution in [2.45, 2.75) is 30.7 Å². The number of piperidine rings is 1. The molecule has 1 aliphatic rings. The van der Waals surface area contributed by atoms with Gasteiger partial charge in [0, 0.05) is 16.7 Å². The molecule has 2 aromatic heterocycles. The molecule has 142 valence electrons. The maximum absolute atomic E-state index is 13.1. The van der Waals surface area contributed by atoms with Crippen LogP contribution in [0.2, 0.25) is 0 Å². The molecule has 1 saturated heterocycles. The second kappa shape index (κ2) is 7.21. The molecule has 0 saturated carbocycles. The van der Waals surface area contributed by atoms with Gasteiger partial charge in [-0.15, -0.1) is 0 Å². The minimum absolute atomic E-state index is 0.226. The summed E-state index contributed by atoms with van der Waals surface area (Å²) in [6.45, 7) is 3.83. The molecule has 0 amide bonds. The first-order chi connectivity index (χ1) is 13.0. The molecule has 1 aliphatic heterocycles. The lowest BCUT2D eigenvalue weighted by Gasteiger charge is -2.24. The summed E-state index contributed by atoms with van der Waals surface area (Å²) < 4.78 is 28.1. The lowest BCUT2D eigenvalue weighted by molar-refractivity contribution is 0.478. The second-order valence-electron chi connectivity index (χ2n) is 6.68. The topological polar surface area (TPSA) is 88.9 Å². The molecule has 1 aromatic carbocycles. The Bertz CT molecular complexity index is 1070. The van der Waals surface area contributed by atoms with Gasteiger partial charge in [0.2, 0.25) is 0 Å². The van der Waals surface area contributed by atoms with E-state index in [0.29, 0.717) is 27.4 Å². The highest BCUT2D eigenvalue weighted by Gasteiger charge is 2.24. The van der Waals surface area contributed by atoms with Crippen molar-refractivity contribution in [3.8, 4) is 0 Å². The fraction of sp³-hybridized carbons (Fsp3) is 0.333. The predicted molar refractivity (Wildman–Crippen MR) is 109 cm³/mol. The molecule has 0 aliphatic carbocycles. The SMILES string of the molecule is Cc1ccc(S(=O)(=O)n2cc(Br)c3c(NC4CCNCC4)ncnc32)cc1. The summed E-state index contributed by atoms with van der Waals surface area (Å²) in [6, 6.07) is 7.09. The first-order valence-electron chi connectivity index (χ1n) is 8.78. The van der Waals surface area contributed by atoms with Gasteiger partial charge in [-0.3, -0.25) is 0 Å². The van der Waals surface area contributed by atoms with Gasteiger partial charge in [-0.2, -0.15) is 0 Å². The summed E-state index contributed by atoms with van der Waals surface area (Å²) in [6.07, 6.45) is 4.93. The van der Waals surface area contributed by atoms with E-state index in [1.54, 1.807) is 30.5 Å². The number of aryl methyl sites for hydroxylation is 1. The van der Waals surface area contributed by atoms with E-state index in [-0.39, 0.29) is 4.90 Å². The molecule has 2 N–H and O–H groups in total. The molecule has 3 aromatic rings. The number of hydrogen-bond acceptors (Lipinski definition) is 6. The molecule has 9 heteroatoms. The van der Waals surface area contributed by atoms with Crippen LogP contribution in [-0.4, -0.2) is 41.5 Å². The quantitative estimate of drug-likeness (QED) is 0.636. The zero-order chi connectivity index (χ0) is 19.0. The fourth-order valence-electron chi connectivity index (χ4n) is 3.27. The predicted octanol–water partition coefficient (Wildman–Crippen LogP) is 2.90. The number of rotatable bonds is 4. The zero-order valence-corrected chi connectivity index (χ0v) is 17.2. The first kappa shape index (κ1) is 18.4. The molecule has 0 spiro atoms. The highest BCUT2D eigenvalue weighted by atomic mass is 79.9. The summed E-state index contributed by atoms with van der Waals surface area (Å²) in [4.78, 5) is 8.84. The summed E-state index contributed by atoms with van der Waals surface area (Å²) >= 11 is 3.49. The van der Waals surface area contributed by atoms with Gasteiger partial charge in [0.25, 0.3) is 10.0 Å². The van der Waals surface area contributed by atoms with E-state index in [2.05, 4.69) is 36.5 Å². The summed E-state index contributed by atoms with van der Waals surface area (Å²) in [5.74, 6) is 0.650. The molecule has 0 unspecified atom stereocenters. The number of nitrogens with one attached hydrogen (secondary N) is 2. The highest BCUT2D eigenvalue weighted by molar-refractivity contribution is 9.10.